The van der Waals surface area contributed by atoms with Crippen LogP contribution in [0.5, 0.6) is 0 Å². The zero-order valence-corrected chi connectivity index (χ0v) is 13.3. The van der Waals surface area contributed by atoms with Gasteiger partial charge >= 0.3 is 0 Å². The molecule has 0 saturated carbocycles. The molecule has 2 rings (SSSR count). The second kappa shape index (κ2) is 8.41. The fourth-order valence-corrected chi connectivity index (χ4v) is 3.04. The summed E-state index contributed by atoms with van der Waals surface area (Å²) in [6.07, 6.45) is 2.29. The fourth-order valence-electron chi connectivity index (χ4n) is 2.17. The molecule has 0 bridgehead atoms. The van der Waals surface area contributed by atoms with Crippen LogP contribution in [0.15, 0.2) is 24.3 Å². The zero-order chi connectivity index (χ0) is 15.1. The summed E-state index contributed by atoms with van der Waals surface area (Å²) >= 11 is 7.11. The van der Waals surface area contributed by atoms with E-state index in [1.54, 1.807) is 24.3 Å². The number of Topliss-reactive ketones (excluding diaryl/α,β-unsaturated/α-hetero) is 1. The van der Waals surface area contributed by atoms with E-state index < -0.39 is 0 Å². The van der Waals surface area contributed by atoms with Crippen LogP contribution in [0.25, 0.3) is 0 Å². The molecule has 1 fully saturated rings. The van der Waals surface area contributed by atoms with Crippen LogP contribution in [0.4, 0.5) is 0 Å². The molecule has 1 aliphatic heterocycles. The highest BCUT2D eigenvalue weighted by Gasteiger charge is 2.14. The first-order valence-electron chi connectivity index (χ1n) is 7.02. The summed E-state index contributed by atoms with van der Waals surface area (Å²) in [6, 6.07) is 7.20. The van der Waals surface area contributed by atoms with E-state index in [9.17, 15) is 9.59 Å². The molecule has 0 radical (unpaired) electrons. The van der Waals surface area contributed by atoms with Gasteiger partial charge < -0.3 is 10.6 Å². The molecule has 2 N–H and O–H groups in total. The Kier molecular flexibility index (Phi) is 6.54. The molecule has 1 amide bonds. The summed E-state index contributed by atoms with van der Waals surface area (Å²) in [4.78, 5) is 23.6. The molecule has 0 aromatic heterocycles. The van der Waals surface area contributed by atoms with Crippen molar-refractivity contribution in [3.8, 4) is 0 Å². The number of halogens is 1. The first-order valence-corrected chi connectivity index (χ1v) is 8.55. The second-order valence-corrected chi connectivity index (χ2v) is 6.44. The van der Waals surface area contributed by atoms with E-state index in [2.05, 4.69) is 10.6 Å². The van der Waals surface area contributed by atoms with E-state index in [0.29, 0.717) is 34.7 Å². The number of thioether (sulfide) groups is 1. The van der Waals surface area contributed by atoms with E-state index in [1.807, 2.05) is 0 Å². The van der Waals surface area contributed by atoms with Crippen LogP contribution in [0, 0.1) is 0 Å². The monoisotopic (exact) mass is 326 g/mol. The summed E-state index contributed by atoms with van der Waals surface area (Å²) in [7, 11) is 0. The lowest BCUT2D eigenvalue weighted by molar-refractivity contribution is -0.118. The summed E-state index contributed by atoms with van der Waals surface area (Å²) in [6.45, 7) is 1.70. The number of ketones is 1. The Morgan fingerprint density at radius 3 is 2.71 bits per heavy atom. The van der Waals surface area contributed by atoms with Crippen LogP contribution in [0.1, 0.15) is 23.2 Å². The molecule has 1 unspecified atom stereocenters. The van der Waals surface area contributed by atoms with Crippen molar-refractivity contribution in [3.05, 3.63) is 34.9 Å². The van der Waals surface area contributed by atoms with Crippen molar-refractivity contribution in [2.24, 2.45) is 0 Å². The topological polar surface area (TPSA) is 58.2 Å². The standard InChI is InChI=1S/C15H19ClN2O2S/c16-12-5-3-11(4-6-12)14(19)9-21-10-15(20)18-8-13-2-1-7-17-13/h3-6,13,17H,1-2,7-10H2,(H,18,20). The van der Waals surface area contributed by atoms with Crippen molar-refractivity contribution >= 4 is 35.1 Å². The van der Waals surface area contributed by atoms with Crippen molar-refractivity contribution in [3.63, 3.8) is 0 Å². The lowest BCUT2D eigenvalue weighted by Gasteiger charge is -2.11. The van der Waals surface area contributed by atoms with Gasteiger partial charge in [-0.1, -0.05) is 11.6 Å². The van der Waals surface area contributed by atoms with Gasteiger partial charge in [0.05, 0.1) is 11.5 Å². The number of benzene rings is 1. The molecule has 0 spiro atoms. The van der Waals surface area contributed by atoms with Gasteiger partial charge in [-0.3, -0.25) is 9.59 Å². The number of carbonyl (C=O) groups excluding carboxylic acids is 2. The lowest BCUT2D eigenvalue weighted by atomic mass is 10.1. The predicted octanol–water partition coefficient (Wildman–Crippen LogP) is 2.12. The van der Waals surface area contributed by atoms with E-state index >= 15 is 0 Å². The van der Waals surface area contributed by atoms with Crippen molar-refractivity contribution < 1.29 is 9.59 Å². The molecule has 1 aromatic carbocycles. The minimum absolute atomic E-state index is 0.0157. The first-order chi connectivity index (χ1) is 10.1. The number of nitrogens with one attached hydrogen (secondary N) is 2. The number of hydrogen-bond acceptors (Lipinski definition) is 4. The number of amides is 1. The van der Waals surface area contributed by atoms with Gasteiger partial charge in [0.15, 0.2) is 5.78 Å². The van der Waals surface area contributed by atoms with E-state index in [4.69, 9.17) is 11.6 Å². The fraction of sp³-hybridized carbons (Fsp3) is 0.467. The smallest absolute Gasteiger partial charge is 0.230 e. The maximum absolute atomic E-state index is 11.9. The summed E-state index contributed by atoms with van der Waals surface area (Å²) in [5, 5.41) is 6.83. The number of carbonyl (C=O) groups is 2. The van der Waals surface area contributed by atoms with E-state index in [0.717, 1.165) is 13.0 Å². The molecular formula is C15H19ClN2O2S. The van der Waals surface area contributed by atoms with Crippen molar-refractivity contribution in [2.75, 3.05) is 24.6 Å². The minimum Gasteiger partial charge on any atom is -0.354 e. The Balaban J connectivity index is 1.62. The molecule has 4 nitrogen and oxygen atoms in total. The molecule has 1 aromatic rings. The van der Waals surface area contributed by atoms with Crippen LogP contribution in [-0.2, 0) is 4.79 Å². The predicted molar refractivity (Wildman–Crippen MR) is 87.1 cm³/mol. The number of rotatable bonds is 7. The molecule has 6 heteroatoms. The van der Waals surface area contributed by atoms with Gasteiger partial charge in [-0.25, -0.2) is 0 Å². The van der Waals surface area contributed by atoms with Crippen LogP contribution in [0.2, 0.25) is 5.02 Å². The van der Waals surface area contributed by atoms with Crippen molar-refractivity contribution in [1.29, 1.82) is 0 Å². The van der Waals surface area contributed by atoms with Crippen LogP contribution in [0.3, 0.4) is 0 Å². The van der Waals surface area contributed by atoms with E-state index in [-0.39, 0.29) is 11.7 Å². The van der Waals surface area contributed by atoms with Crippen molar-refractivity contribution in [2.45, 2.75) is 18.9 Å². The molecule has 1 atom stereocenters. The number of hydrogen-bond donors (Lipinski definition) is 2. The third kappa shape index (κ3) is 5.69. The maximum Gasteiger partial charge on any atom is 0.230 e. The summed E-state index contributed by atoms with van der Waals surface area (Å²) in [5.74, 6) is 0.613. The molecule has 0 aliphatic carbocycles. The van der Waals surface area contributed by atoms with Crippen LogP contribution < -0.4 is 10.6 Å². The van der Waals surface area contributed by atoms with Gasteiger partial charge in [0, 0.05) is 23.2 Å². The molecular weight excluding hydrogens is 308 g/mol. The summed E-state index contributed by atoms with van der Waals surface area (Å²) in [5.41, 5.74) is 0.627. The SMILES string of the molecule is O=C(CSCC(=O)c1ccc(Cl)cc1)NCC1CCCN1. The molecule has 114 valence electrons. The maximum atomic E-state index is 11.9. The Morgan fingerprint density at radius 2 is 2.05 bits per heavy atom. The second-order valence-electron chi connectivity index (χ2n) is 5.02. The van der Waals surface area contributed by atoms with Gasteiger partial charge in [-0.15, -0.1) is 11.8 Å². The quantitative estimate of drug-likeness (QED) is 0.754. The highest BCUT2D eigenvalue weighted by atomic mass is 35.5. The Morgan fingerprint density at radius 1 is 1.29 bits per heavy atom. The average Bonchev–Trinajstić information content (AvgIpc) is 2.99. The van der Waals surface area contributed by atoms with E-state index in [1.165, 1.54) is 18.2 Å². The zero-order valence-electron chi connectivity index (χ0n) is 11.7. The first kappa shape index (κ1) is 16.3. The van der Waals surface area contributed by atoms with Gasteiger partial charge in [0.2, 0.25) is 5.91 Å². The molecule has 1 heterocycles. The van der Waals surface area contributed by atoms with Gasteiger partial charge in [0.25, 0.3) is 0 Å². The Hall–Kier alpha value is -1.04. The third-order valence-electron chi connectivity index (χ3n) is 3.34. The van der Waals surface area contributed by atoms with Gasteiger partial charge in [-0.2, -0.15) is 0 Å². The average molecular weight is 327 g/mol. The van der Waals surface area contributed by atoms with Crippen LogP contribution >= 0.6 is 23.4 Å². The van der Waals surface area contributed by atoms with Crippen LogP contribution in [-0.4, -0.2) is 42.3 Å². The van der Waals surface area contributed by atoms with Crippen molar-refractivity contribution in [1.82, 2.24) is 10.6 Å². The van der Waals surface area contributed by atoms with Gasteiger partial charge in [-0.05, 0) is 43.7 Å². The lowest BCUT2D eigenvalue weighted by Crippen LogP contribution is -2.38. The Bertz CT molecular complexity index is 487. The molecule has 1 saturated heterocycles. The largest absolute Gasteiger partial charge is 0.354 e. The third-order valence-corrected chi connectivity index (χ3v) is 4.53. The highest BCUT2D eigenvalue weighted by molar-refractivity contribution is 8.00. The summed E-state index contributed by atoms with van der Waals surface area (Å²) < 4.78 is 0. The molecule has 21 heavy (non-hydrogen) atoms. The normalized spacial score (nSPS) is 17.7. The Labute approximate surface area is 134 Å². The van der Waals surface area contributed by atoms with Gasteiger partial charge in [0.1, 0.15) is 0 Å². The minimum atomic E-state index is -0.0161. The highest BCUT2D eigenvalue weighted by Crippen LogP contribution is 2.12. The molecule has 1 aliphatic rings.